The molecule has 0 rings (SSSR count). The van der Waals surface area contributed by atoms with E-state index in [1.165, 1.54) is 6.20 Å². The average Bonchev–Trinajstić information content (AvgIpc) is 2.30. The molecule has 0 fully saturated rings. The molecule has 0 bridgehead atoms. The molecular formula is C13H17N3. The highest BCUT2D eigenvalue weighted by Crippen LogP contribution is 1.94. The third-order valence-electron chi connectivity index (χ3n) is 1.56. The maximum atomic E-state index is 4.04. The molecule has 0 aromatic rings. The van der Waals surface area contributed by atoms with E-state index in [0.717, 1.165) is 5.57 Å². The standard InChI is InChI=1S/C13H17N3/c1-5-9-12(7-3)11-16-13(14-8-4)15-10-6-2/h5-10H,1-4,11H2,(H,14,16)/b12-9+,15-10-. The van der Waals surface area contributed by atoms with Crippen LogP contribution in [-0.4, -0.2) is 18.7 Å². The molecule has 0 saturated carbocycles. The van der Waals surface area contributed by atoms with Gasteiger partial charge in [-0.1, -0.05) is 50.6 Å². The van der Waals surface area contributed by atoms with Crippen LogP contribution in [0.4, 0.5) is 0 Å². The lowest BCUT2D eigenvalue weighted by Crippen LogP contribution is -2.23. The van der Waals surface area contributed by atoms with Crippen LogP contribution in [0.5, 0.6) is 0 Å². The number of allylic oxidation sites excluding steroid dienone is 3. The van der Waals surface area contributed by atoms with Crippen molar-refractivity contribution >= 4 is 12.2 Å². The van der Waals surface area contributed by atoms with Crippen molar-refractivity contribution in [3.05, 3.63) is 62.4 Å². The highest BCUT2D eigenvalue weighted by molar-refractivity contribution is 5.91. The van der Waals surface area contributed by atoms with Gasteiger partial charge in [0, 0.05) is 19.0 Å². The third kappa shape index (κ3) is 6.32. The molecule has 16 heavy (non-hydrogen) atoms. The predicted molar refractivity (Wildman–Crippen MR) is 72.8 cm³/mol. The molecule has 0 amide bonds. The van der Waals surface area contributed by atoms with Gasteiger partial charge in [-0.15, -0.1) is 0 Å². The Morgan fingerprint density at radius 2 is 1.88 bits per heavy atom. The van der Waals surface area contributed by atoms with Gasteiger partial charge in [-0.3, -0.25) is 0 Å². The second-order valence-electron chi connectivity index (χ2n) is 2.68. The molecule has 0 radical (unpaired) electrons. The van der Waals surface area contributed by atoms with Gasteiger partial charge < -0.3 is 5.32 Å². The molecule has 0 unspecified atom stereocenters. The van der Waals surface area contributed by atoms with Gasteiger partial charge in [0.15, 0.2) is 0 Å². The predicted octanol–water partition coefficient (Wildman–Crippen LogP) is 2.63. The first-order valence-electron chi connectivity index (χ1n) is 4.80. The topological polar surface area (TPSA) is 36.8 Å². The molecule has 1 N–H and O–H groups in total. The van der Waals surface area contributed by atoms with Crippen molar-refractivity contribution in [2.24, 2.45) is 9.98 Å². The van der Waals surface area contributed by atoms with Gasteiger partial charge in [0.25, 0.3) is 0 Å². The fraction of sp³-hybridized carbons (Fsp3) is 0.0769. The number of guanidine groups is 1. The first-order chi connectivity index (χ1) is 7.78. The van der Waals surface area contributed by atoms with Gasteiger partial charge in [0.05, 0.1) is 0 Å². The Hall–Kier alpha value is -2.16. The van der Waals surface area contributed by atoms with Gasteiger partial charge in [-0.25, -0.2) is 9.98 Å². The van der Waals surface area contributed by atoms with Crippen LogP contribution in [0.1, 0.15) is 0 Å². The number of nitrogens with zero attached hydrogens (tertiary/aromatic N) is 2. The fourth-order valence-corrected chi connectivity index (χ4v) is 0.866. The van der Waals surface area contributed by atoms with Crippen LogP contribution in [0.2, 0.25) is 0 Å². The molecular weight excluding hydrogens is 198 g/mol. The van der Waals surface area contributed by atoms with Crippen molar-refractivity contribution in [1.82, 2.24) is 5.32 Å². The van der Waals surface area contributed by atoms with E-state index in [4.69, 9.17) is 0 Å². The summed E-state index contributed by atoms with van der Waals surface area (Å²) < 4.78 is 0. The van der Waals surface area contributed by atoms with Gasteiger partial charge >= 0.3 is 0 Å². The lowest BCUT2D eigenvalue weighted by Gasteiger charge is -2.04. The van der Waals surface area contributed by atoms with E-state index < -0.39 is 0 Å². The van der Waals surface area contributed by atoms with E-state index >= 15 is 0 Å². The fourth-order valence-electron chi connectivity index (χ4n) is 0.866. The first kappa shape index (κ1) is 13.8. The molecule has 3 heteroatoms. The zero-order chi connectivity index (χ0) is 12.2. The van der Waals surface area contributed by atoms with Crippen molar-refractivity contribution in [2.75, 3.05) is 6.54 Å². The minimum Gasteiger partial charge on any atom is -0.350 e. The third-order valence-corrected chi connectivity index (χ3v) is 1.56. The Morgan fingerprint density at radius 1 is 1.12 bits per heavy atom. The minimum atomic E-state index is 0.478. The second-order valence-corrected chi connectivity index (χ2v) is 2.68. The highest BCUT2D eigenvalue weighted by atomic mass is 15.1. The maximum Gasteiger partial charge on any atom is 0.222 e. The summed E-state index contributed by atoms with van der Waals surface area (Å²) in [6.45, 7) is 14.9. The summed E-state index contributed by atoms with van der Waals surface area (Å²) in [5.74, 6) is 0.478. The molecule has 0 aromatic carbocycles. The molecule has 3 nitrogen and oxygen atoms in total. The van der Waals surface area contributed by atoms with Gasteiger partial charge in [-0.05, 0) is 5.57 Å². The lowest BCUT2D eigenvalue weighted by molar-refractivity contribution is 0.992. The van der Waals surface area contributed by atoms with E-state index in [1.54, 1.807) is 24.4 Å². The van der Waals surface area contributed by atoms with Gasteiger partial charge in [0.1, 0.15) is 0 Å². The Labute approximate surface area is 97.0 Å². The van der Waals surface area contributed by atoms with Crippen molar-refractivity contribution in [2.45, 2.75) is 0 Å². The Kier molecular flexibility index (Phi) is 8.13. The van der Waals surface area contributed by atoms with Crippen LogP contribution in [0, 0.1) is 0 Å². The van der Waals surface area contributed by atoms with E-state index in [-0.39, 0.29) is 0 Å². The van der Waals surface area contributed by atoms with Crippen LogP contribution >= 0.6 is 0 Å². The van der Waals surface area contributed by atoms with Gasteiger partial charge in [-0.2, -0.15) is 0 Å². The molecule has 0 saturated heterocycles. The summed E-state index contributed by atoms with van der Waals surface area (Å²) in [5.41, 5.74) is 1.00. The van der Waals surface area contributed by atoms with E-state index in [0.29, 0.717) is 12.5 Å². The summed E-state index contributed by atoms with van der Waals surface area (Å²) in [5, 5.41) is 3.04. The summed E-state index contributed by atoms with van der Waals surface area (Å²) in [4.78, 5) is 8.00. The number of aliphatic imine (C=N–C) groups is 2. The monoisotopic (exact) mass is 215 g/mol. The lowest BCUT2D eigenvalue weighted by atomic mass is 10.2. The molecule has 0 atom stereocenters. The number of nitrogens with one attached hydrogen (secondary N) is 1. The van der Waals surface area contributed by atoms with Crippen LogP contribution in [0.15, 0.2) is 72.4 Å². The van der Waals surface area contributed by atoms with E-state index in [9.17, 15) is 0 Å². The van der Waals surface area contributed by atoms with Crippen molar-refractivity contribution in [3.8, 4) is 0 Å². The van der Waals surface area contributed by atoms with Crippen LogP contribution in [-0.2, 0) is 0 Å². The largest absolute Gasteiger partial charge is 0.350 e. The summed E-state index contributed by atoms with van der Waals surface area (Å²) >= 11 is 0. The van der Waals surface area contributed by atoms with Crippen LogP contribution in [0.25, 0.3) is 0 Å². The first-order valence-corrected chi connectivity index (χ1v) is 4.80. The quantitative estimate of drug-likeness (QED) is 0.413. The number of hydrogen-bond acceptors (Lipinski definition) is 1. The van der Waals surface area contributed by atoms with E-state index in [1.807, 2.05) is 6.08 Å². The summed E-state index contributed by atoms with van der Waals surface area (Å²) in [6, 6.07) is 0. The van der Waals surface area contributed by atoms with Crippen molar-refractivity contribution < 1.29 is 0 Å². The Balaban J connectivity index is 4.48. The molecule has 0 aliphatic heterocycles. The summed E-state index contributed by atoms with van der Waals surface area (Å²) in [7, 11) is 0. The molecule has 0 spiro atoms. The smallest absolute Gasteiger partial charge is 0.222 e. The van der Waals surface area contributed by atoms with Gasteiger partial charge in [0.2, 0.25) is 5.96 Å². The Morgan fingerprint density at radius 3 is 2.38 bits per heavy atom. The second kappa shape index (κ2) is 9.40. The zero-order valence-electron chi connectivity index (χ0n) is 9.39. The maximum absolute atomic E-state index is 4.04. The number of rotatable bonds is 6. The minimum absolute atomic E-state index is 0.478. The van der Waals surface area contributed by atoms with Crippen molar-refractivity contribution in [1.29, 1.82) is 0 Å². The normalized spacial score (nSPS) is 12.2. The van der Waals surface area contributed by atoms with E-state index in [2.05, 4.69) is 41.6 Å². The number of hydrogen-bond donors (Lipinski definition) is 1. The molecule has 0 aliphatic carbocycles. The zero-order valence-corrected chi connectivity index (χ0v) is 9.39. The molecule has 0 aliphatic rings. The van der Waals surface area contributed by atoms with Crippen LogP contribution in [0.3, 0.4) is 0 Å². The molecule has 84 valence electrons. The van der Waals surface area contributed by atoms with Crippen LogP contribution < -0.4 is 5.32 Å². The average molecular weight is 215 g/mol. The SMILES string of the molecule is C=C/C=N\C(=N/C=C)NC/C(C=C)=C/C=C. The molecule has 0 heterocycles. The summed E-state index contributed by atoms with van der Waals surface area (Å²) in [6.07, 6.45) is 9.87. The Bertz CT molecular complexity index is 346. The highest BCUT2D eigenvalue weighted by Gasteiger charge is 1.94. The molecule has 0 aromatic heterocycles. The van der Waals surface area contributed by atoms with Crippen molar-refractivity contribution in [3.63, 3.8) is 0 Å².